The fourth-order valence-electron chi connectivity index (χ4n) is 3.02. The smallest absolute Gasteiger partial charge is 0.409 e. The van der Waals surface area contributed by atoms with Crippen LogP contribution in [0.4, 0.5) is 18.0 Å². The Morgan fingerprint density at radius 2 is 2.00 bits per heavy atom. The van der Waals surface area contributed by atoms with Crippen molar-refractivity contribution in [2.45, 2.75) is 25.1 Å². The van der Waals surface area contributed by atoms with Crippen molar-refractivity contribution in [1.82, 2.24) is 9.88 Å². The Morgan fingerprint density at radius 3 is 2.67 bits per heavy atom. The van der Waals surface area contributed by atoms with Gasteiger partial charge in [0.15, 0.2) is 0 Å². The lowest BCUT2D eigenvalue weighted by molar-refractivity contribution is 0.0602. The standard InChI is InChI=1S/C18H15B2F3N2O2/c1-10-14(18(19,20)25-5-2-6-27-17(25)26)8-12(9-24-10)11-3-4-15(21)13(7-11)16(22)23/h3-4,7-9,16H,2,5-6H2,1H3. The Morgan fingerprint density at radius 1 is 1.26 bits per heavy atom. The first-order valence-electron chi connectivity index (χ1n) is 8.29. The predicted octanol–water partition coefficient (Wildman–Crippen LogP) is 3.42. The van der Waals surface area contributed by atoms with Crippen molar-refractivity contribution in [3.63, 3.8) is 0 Å². The van der Waals surface area contributed by atoms with Crippen LogP contribution in [0.2, 0.25) is 0 Å². The minimum atomic E-state index is -2.95. The number of aryl methyl sites for hydroxylation is 1. The molecule has 1 aromatic carbocycles. The van der Waals surface area contributed by atoms with Gasteiger partial charge in [-0.15, -0.1) is 0 Å². The van der Waals surface area contributed by atoms with Crippen LogP contribution in [-0.4, -0.2) is 44.8 Å². The van der Waals surface area contributed by atoms with Crippen LogP contribution in [0, 0.1) is 12.7 Å². The van der Waals surface area contributed by atoms with Crippen LogP contribution in [0.5, 0.6) is 0 Å². The van der Waals surface area contributed by atoms with E-state index in [2.05, 4.69) is 4.98 Å². The van der Waals surface area contributed by atoms with Crippen molar-refractivity contribution in [2.24, 2.45) is 0 Å². The van der Waals surface area contributed by atoms with Gasteiger partial charge in [-0.05, 0) is 48.0 Å². The Bertz CT molecular complexity index is 878. The summed E-state index contributed by atoms with van der Waals surface area (Å²) in [5.74, 6) is -0.989. The molecule has 1 amide bonds. The molecule has 1 saturated heterocycles. The van der Waals surface area contributed by atoms with Gasteiger partial charge < -0.3 is 9.64 Å². The van der Waals surface area contributed by atoms with E-state index < -0.39 is 29.2 Å². The molecule has 0 bridgehead atoms. The van der Waals surface area contributed by atoms with Gasteiger partial charge in [0.2, 0.25) is 0 Å². The normalized spacial score (nSPS) is 15.1. The summed E-state index contributed by atoms with van der Waals surface area (Å²) in [5, 5.41) is -1.70. The van der Waals surface area contributed by atoms with E-state index >= 15 is 0 Å². The van der Waals surface area contributed by atoms with Gasteiger partial charge in [0.1, 0.15) is 5.82 Å². The molecule has 4 radical (unpaired) electrons. The molecule has 0 spiro atoms. The van der Waals surface area contributed by atoms with Crippen molar-refractivity contribution in [2.75, 3.05) is 13.2 Å². The molecule has 27 heavy (non-hydrogen) atoms. The van der Waals surface area contributed by atoms with E-state index in [-0.39, 0.29) is 6.61 Å². The number of halogens is 3. The van der Waals surface area contributed by atoms with Crippen LogP contribution in [0.3, 0.4) is 0 Å². The van der Waals surface area contributed by atoms with Crippen LogP contribution in [0.25, 0.3) is 11.1 Å². The lowest BCUT2D eigenvalue weighted by Gasteiger charge is -2.42. The zero-order valence-electron chi connectivity index (χ0n) is 14.6. The number of hydrogen-bond donors (Lipinski definition) is 0. The van der Waals surface area contributed by atoms with Gasteiger partial charge in [-0.1, -0.05) is 6.07 Å². The molecule has 0 aliphatic carbocycles. The Hall–Kier alpha value is -2.44. The molecule has 1 aliphatic heterocycles. The number of benzene rings is 1. The molecule has 2 aromatic rings. The first kappa shape index (κ1) is 19.3. The lowest BCUT2D eigenvalue weighted by Crippen LogP contribution is -2.53. The maximum Gasteiger partial charge on any atom is 0.409 e. The summed E-state index contributed by atoms with van der Waals surface area (Å²) in [6, 6.07) is 4.95. The number of nitrogens with zero attached hydrogens (tertiary/aromatic N) is 2. The lowest BCUT2D eigenvalue weighted by atomic mass is 9.56. The van der Waals surface area contributed by atoms with Crippen LogP contribution in [0.15, 0.2) is 30.5 Å². The second-order valence-electron chi connectivity index (χ2n) is 6.34. The van der Waals surface area contributed by atoms with Crippen molar-refractivity contribution >= 4 is 21.8 Å². The highest BCUT2D eigenvalue weighted by Crippen LogP contribution is 2.32. The van der Waals surface area contributed by atoms with Crippen LogP contribution >= 0.6 is 0 Å². The minimum Gasteiger partial charge on any atom is -0.449 e. The first-order valence-corrected chi connectivity index (χ1v) is 8.29. The molecule has 0 atom stereocenters. The summed E-state index contributed by atoms with van der Waals surface area (Å²) in [6.45, 7) is 2.26. The molecule has 2 heterocycles. The van der Waals surface area contributed by atoms with E-state index in [1.165, 1.54) is 17.2 Å². The van der Waals surface area contributed by atoms with Gasteiger partial charge in [-0.3, -0.25) is 4.98 Å². The molecule has 0 saturated carbocycles. The van der Waals surface area contributed by atoms with Gasteiger partial charge in [0, 0.05) is 24.0 Å². The predicted molar refractivity (Wildman–Crippen MR) is 95.2 cm³/mol. The first-order chi connectivity index (χ1) is 12.7. The summed E-state index contributed by atoms with van der Waals surface area (Å²) < 4.78 is 44.5. The maximum absolute atomic E-state index is 13.6. The van der Waals surface area contributed by atoms with Gasteiger partial charge in [0.05, 0.1) is 27.9 Å². The topological polar surface area (TPSA) is 42.4 Å². The van der Waals surface area contributed by atoms with Gasteiger partial charge in [-0.2, -0.15) is 0 Å². The molecule has 0 N–H and O–H groups in total. The second-order valence-corrected chi connectivity index (χ2v) is 6.34. The third-order valence-electron chi connectivity index (χ3n) is 4.50. The zero-order valence-corrected chi connectivity index (χ0v) is 14.6. The molecule has 1 aromatic heterocycles. The molecule has 0 unspecified atom stereocenters. The number of alkyl halides is 2. The van der Waals surface area contributed by atoms with Crippen LogP contribution in [-0.2, 0) is 10.1 Å². The number of aromatic nitrogens is 1. The largest absolute Gasteiger partial charge is 0.449 e. The highest BCUT2D eigenvalue weighted by Gasteiger charge is 2.35. The fraction of sp³-hybridized carbons (Fsp3) is 0.333. The SMILES string of the molecule is [B]C([B])(c1cc(-c2ccc(F)c(C(F)F)c2)cnc1C)N1CCCOC1=O. The number of cyclic esters (lactones) is 1. The molecule has 9 heteroatoms. The zero-order chi connectivity index (χ0) is 19.8. The third-order valence-corrected chi connectivity index (χ3v) is 4.50. The number of pyridine rings is 1. The highest BCUT2D eigenvalue weighted by atomic mass is 19.3. The Kier molecular flexibility index (Phi) is 5.22. The average Bonchev–Trinajstić information content (AvgIpc) is 2.62. The molecule has 3 rings (SSSR count). The summed E-state index contributed by atoms with van der Waals surface area (Å²) in [5.41, 5.74) is 0.849. The van der Waals surface area contributed by atoms with E-state index in [0.717, 1.165) is 12.1 Å². The van der Waals surface area contributed by atoms with Crippen LogP contribution < -0.4 is 0 Å². The van der Waals surface area contributed by atoms with Crippen LogP contribution in [0.1, 0.15) is 29.7 Å². The molecular formula is C18H15B2F3N2O2. The van der Waals surface area contributed by atoms with Crippen molar-refractivity contribution in [1.29, 1.82) is 0 Å². The van der Waals surface area contributed by atoms with Crippen molar-refractivity contribution < 1.29 is 22.7 Å². The molecule has 4 nitrogen and oxygen atoms in total. The maximum atomic E-state index is 13.6. The van der Waals surface area contributed by atoms with E-state index in [9.17, 15) is 18.0 Å². The van der Waals surface area contributed by atoms with E-state index in [1.54, 1.807) is 13.0 Å². The number of amides is 1. The number of rotatable bonds is 4. The molecule has 136 valence electrons. The number of ether oxygens (including phenoxy) is 1. The van der Waals surface area contributed by atoms with E-state index in [0.29, 0.717) is 35.3 Å². The number of hydrogen-bond acceptors (Lipinski definition) is 3. The van der Waals surface area contributed by atoms with Gasteiger partial charge in [-0.25, -0.2) is 18.0 Å². The Labute approximate surface area is 157 Å². The Balaban J connectivity index is 2.04. The average molecular weight is 370 g/mol. The molecular weight excluding hydrogens is 355 g/mol. The van der Waals surface area contributed by atoms with E-state index in [1.807, 2.05) is 0 Å². The van der Waals surface area contributed by atoms with Gasteiger partial charge >= 0.3 is 6.09 Å². The monoisotopic (exact) mass is 370 g/mol. The summed E-state index contributed by atoms with van der Waals surface area (Å²) in [6.07, 6.45) is -1.57. The minimum absolute atomic E-state index is 0.286. The highest BCUT2D eigenvalue weighted by molar-refractivity contribution is 6.40. The quantitative estimate of drug-likeness (QED) is 0.775. The van der Waals surface area contributed by atoms with Gasteiger partial charge in [0.25, 0.3) is 6.43 Å². The van der Waals surface area contributed by atoms with E-state index in [4.69, 9.17) is 20.4 Å². The number of carbonyl (C=O) groups is 1. The fourth-order valence-corrected chi connectivity index (χ4v) is 3.02. The van der Waals surface area contributed by atoms with Crippen molar-refractivity contribution in [3.8, 4) is 11.1 Å². The second kappa shape index (κ2) is 7.29. The number of carbonyl (C=O) groups excluding carboxylic acids is 1. The molecule has 1 fully saturated rings. The summed E-state index contributed by atoms with van der Waals surface area (Å²) in [7, 11) is 12.5. The summed E-state index contributed by atoms with van der Waals surface area (Å²) >= 11 is 0. The third kappa shape index (κ3) is 3.68. The van der Waals surface area contributed by atoms with Crippen molar-refractivity contribution in [3.05, 3.63) is 53.1 Å². The molecule has 1 aliphatic rings. The summed E-state index contributed by atoms with van der Waals surface area (Å²) in [4.78, 5) is 17.4.